The van der Waals surface area contributed by atoms with E-state index in [0.717, 1.165) is 66.6 Å². The van der Waals surface area contributed by atoms with Gasteiger partial charge in [0, 0.05) is 43.7 Å². The van der Waals surface area contributed by atoms with Gasteiger partial charge in [-0.2, -0.15) is 0 Å². The number of rotatable bonds is 5. The summed E-state index contributed by atoms with van der Waals surface area (Å²) in [7, 11) is 0. The quantitative estimate of drug-likeness (QED) is 0.177. The molecule has 12 rings (SSSR count). The molecule has 0 radical (unpaired) electrons. The first-order valence-electron chi connectivity index (χ1n) is 19.1. The van der Waals surface area contributed by atoms with Gasteiger partial charge in [-0.25, -0.2) is 15.0 Å². The van der Waals surface area contributed by atoms with Gasteiger partial charge in [0.1, 0.15) is 11.2 Å². The molecule has 6 heteroatoms. The summed E-state index contributed by atoms with van der Waals surface area (Å²) in [6, 6.07) is 65.5. The second-order valence-corrected chi connectivity index (χ2v) is 14.4. The average Bonchev–Trinajstić information content (AvgIpc) is 3.94. The van der Waals surface area contributed by atoms with Crippen LogP contribution >= 0.6 is 0 Å². The summed E-state index contributed by atoms with van der Waals surface area (Å²) in [5, 5.41) is 6.88. The Kier molecular flexibility index (Phi) is 6.83. The fourth-order valence-corrected chi connectivity index (χ4v) is 8.67. The third-order valence-corrected chi connectivity index (χ3v) is 11.2. The standard InChI is InChI=1S/C51H31N5O/c1-4-16-32(17-5-1)49-52-50(33-18-6-2-7-19-33)54-51(53-49)38-25-14-24-37-47-43(28-15-29-46(47)57-48(37)38)56-42-27-13-11-23-36(42)40-30-39-35-22-10-12-26-41(35)55(44(39)31-45(40)56)34-20-8-3-9-21-34/h1-31H. The number of aromatic nitrogens is 5. The van der Waals surface area contributed by atoms with Crippen LogP contribution in [0.25, 0.3) is 111 Å². The Morgan fingerprint density at radius 2 is 0.895 bits per heavy atom. The molecule has 0 aliphatic rings. The molecule has 0 unspecified atom stereocenters. The molecule has 6 nitrogen and oxygen atoms in total. The minimum absolute atomic E-state index is 0.557. The van der Waals surface area contributed by atoms with E-state index in [0.29, 0.717) is 17.5 Å². The van der Waals surface area contributed by atoms with Crippen molar-refractivity contribution in [3.63, 3.8) is 0 Å². The Morgan fingerprint density at radius 1 is 0.368 bits per heavy atom. The maximum Gasteiger partial charge on any atom is 0.167 e. The van der Waals surface area contributed by atoms with Crippen LogP contribution in [0.5, 0.6) is 0 Å². The molecule has 0 aliphatic heterocycles. The SMILES string of the molecule is c1ccc(-c2nc(-c3ccccc3)nc(-c3cccc4c3oc3cccc(-n5c6ccccc6c6cc7c8ccccc8n(-c8ccccc8)c7cc65)c34)n2)cc1. The van der Waals surface area contributed by atoms with Gasteiger partial charge in [-0.1, -0.05) is 133 Å². The number of furan rings is 1. The van der Waals surface area contributed by atoms with Crippen LogP contribution in [0.4, 0.5) is 0 Å². The van der Waals surface area contributed by atoms with Gasteiger partial charge in [0.2, 0.25) is 0 Å². The molecule has 8 aromatic carbocycles. The van der Waals surface area contributed by atoms with E-state index in [2.05, 4.69) is 130 Å². The number of benzene rings is 8. The van der Waals surface area contributed by atoms with E-state index < -0.39 is 0 Å². The Labute approximate surface area is 326 Å². The highest BCUT2D eigenvalue weighted by molar-refractivity contribution is 6.21. The van der Waals surface area contributed by atoms with Gasteiger partial charge in [0.05, 0.1) is 38.7 Å². The van der Waals surface area contributed by atoms with E-state index in [9.17, 15) is 0 Å². The third kappa shape index (κ3) is 4.81. The summed E-state index contributed by atoms with van der Waals surface area (Å²) in [6.45, 7) is 0. The first kappa shape index (κ1) is 31.5. The predicted molar refractivity (Wildman–Crippen MR) is 232 cm³/mol. The van der Waals surface area contributed by atoms with Crippen LogP contribution in [0.15, 0.2) is 192 Å². The van der Waals surface area contributed by atoms with Crippen LogP contribution in [-0.4, -0.2) is 24.1 Å². The van der Waals surface area contributed by atoms with Gasteiger partial charge in [0.25, 0.3) is 0 Å². The molecule has 266 valence electrons. The van der Waals surface area contributed by atoms with Crippen LogP contribution in [0.1, 0.15) is 0 Å². The molecular weight excluding hydrogens is 699 g/mol. The topological polar surface area (TPSA) is 61.7 Å². The smallest absolute Gasteiger partial charge is 0.167 e. The van der Waals surface area contributed by atoms with Crippen LogP contribution < -0.4 is 0 Å². The van der Waals surface area contributed by atoms with Gasteiger partial charge in [-0.05, 0) is 54.6 Å². The van der Waals surface area contributed by atoms with Crippen molar-refractivity contribution in [2.45, 2.75) is 0 Å². The molecule has 0 amide bonds. The van der Waals surface area contributed by atoms with Crippen LogP contribution in [-0.2, 0) is 0 Å². The molecule has 57 heavy (non-hydrogen) atoms. The number of nitrogens with zero attached hydrogens (tertiary/aromatic N) is 5. The van der Waals surface area contributed by atoms with Crippen molar-refractivity contribution in [3.05, 3.63) is 188 Å². The third-order valence-electron chi connectivity index (χ3n) is 11.2. The minimum atomic E-state index is 0.557. The van der Waals surface area contributed by atoms with Gasteiger partial charge < -0.3 is 13.6 Å². The van der Waals surface area contributed by atoms with E-state index >= 15 is 0 Å². The highest BCUT2D eigenvalue weighted by Gasteiger charge is 2.23. The summed E-state index contributed by atoms with van der Waals surface area (Å²) in [5.41, 5.74) is 10.9. The highest BCUT2D eigenvalue weighted by atomic mass is 16.3. The molecule has 0 atom stereocenters. The molecule has 0 fully saturated rings. The van der Waals surface area contributed by atoms with Crippen molar-refractivity contribution in [3.8, 4) is 45.5 Å². The van der Waals surface area contributed by atoms with E-state index in [-0.39, 0.29) is 0 Å². The van der Waals surface area contributed by atoms with E-state index in [1.54, 1.807) is 0 Å². The lowest BCUT2D eigenvalue weighted by Gasteiger charge is -2.11. The van der Waals surface area contributed by atoms with Crippen molar-refractivity contribution in [2.75, 3.05) is 0 Å². The Morgan fingerprint density at radius 3 is 1.56 bits per heavy atom. The lowest BCUT2D eigenvalue weighted by atomic mass is 10.1. The first-order valence-corrected chi connectivity index (χ1v) is 19.1. The largest absolute Gasteiger partial charge is 0.455 e. The molecule has 4 heterocycles. The fraction of sp³-hybridized carbons (Fsp3) is 0. The van der Waals surface area contributed by atoms with Crippen molar-refractivity contribution in [2.24, 2.45) is 0 Å². The summed E-state index contributed by atoms with van der Waals surface area (Å²) in [4.78, 5) is 15.1. The van der Waals surface area contributed by atoms with Crippen LogP contribution in [0, 0.1) is 0 Å². The van der Waals surface area contributed by atoms with E-state index in [4.69, 9.17) is 19.4 Å². The number of fused-ring (bicyclic) bond motifs is 9. The summed E-state index contributed by atoms with van der Waals surface area (Å²) >= 11 is 0. The Hall–Kier alpha value is -7.83. The van der Waals surface area contributed by atoms with E-state index in [1.165, 1.54) is 27.1 Å². The number of para-hydroxylation sites is 4. The molecule has 0 spiro atoms. The van der Waals surface area contributed by atoms with Crippen molar-refractivity contribution >= 4 is 65.6 Å². The normalized spacial score (nSPS) is 11.9. The van der Waals surface area contributed by atoms with E-state index in [1.807, 2.05) is 66.7 Å². The summed E-state index contributed by atoms with van der Waals surface area (Å²) in [6.07, 6.45) is 0. The van der Waals surface area contributed by atoms with Crippen molar-refractivity contribution < 1.29 is 4.42 Å². The maximum absolute atomic E-state index is 6.86. The zero-order chi connectivity index (χ0) is 37.5. The highest BCUT2D eigenvalue weighted by Crippen LogP contribution is 2.43. The van der Waals surface area contributed by atoms with Crippen molar-refractivity contribution in [1.82, 2.24) is 24.1 Å². The van der Waals surface area contributed by atoms with Gasteiger partial charge >= 0.3 is 0 Å². The second-order valence-electron chi connectivity index (χ2n) is 14.4. The summed E-state index contributed by atoms with van der Waals surface area (Å²) in [5.74, 6) is 1.78. The Balaban J connectivity index is 1.13. The van der Waals surface area contributed by atoms with Crippen LogP contribution in [0.3, 0.4) is 0 Å². The second kappa shape index (κ2) is 12.3. The minimum Gasteiger partial charge on any atom is -0.455 e. The lowest BCUT2D eigenvalue weighted by Crippen LogP contribution is -2.00. The molecular formula is C51H31N5O. The predicted octanol–water partition coefficient (Wildman–Crippen LogP) is 13.0. The molecule has 0 bridgehead atoms. The average molecular weight is 730 g/mol. The first-order chi connectivity index (χ1) is 28.3. The molecule has 4 aromatic heterocycles. The number of hydrogen-bond acceptors (Lipinski definition) is 4. The zero-order valence-electron chi connectivity index (χ0n) is 30.5. The maximum atomic E-state index is 6.86. The Bertz CT molecular complexity index is 3450. The van der Waals surface area contributed by atoms with Gasteiger partial charge in [0.15, 0.2) is 17.5 Å². The number of hydrogen-bond donors (Lipinski definition) is 0. The van der Waals surface area contributed by atoms with Gasteiger partial charge in [-0.3, -0.25) is 0 Å². The van der Waals surface area contributed by atoms with Crippen LogP contribution in [0.2, 0.25) is 0 Å². The molecule has 0 saturated carbocycles. The molecule has 0 aliphatic carbocycles. The fourth-order valence-electron chi connectivity index (χ4n) is 8.67. The lowest BCUT2D eigenvalue weighted by molar-refractivity contribution is 0.669. The molecule has 0 saturated heterocycles. The molecule has 0 N–H and O–H groups in total. The monoisotopic (exact) mass is 729 g/mol. The molecule has 12 aromatic rings. The van der Waals surface area contributed by atoms with Crippen molar-refractivity contribution in [1.29, 1.82) is 0 Å². The zero-order valence-corrected chi connectivity index (χ0v) is 30.5. The van der Waals surface area contributed by atoms with Gasteiger partial charge in [-0.15, -0.1) is 0 Å². The summed E-state index contributed by atoms with van der Waals surface area (Å²) < 4.78 is 11.7.